The van der Waals surface area contributed by atoms with Crippen molar-refractivity contribution in [2.75, 3.05) is 13.2 Å². The van der Waals surface area contributed by atoms with Crippen LogP contribution in [-0.4, -0.2) is 19.0 Å². The highest BCUT2D eigenvalue weighted by molar-refractivity contribution is 5.87. The SMILES string of the molecule is CC(C)(C)C(N)=Nc1ccc2c(c1)OCCO2. The summed E-state index contributed by atoms with van der Waals surface area (Å²) >= 11 is 0. The molecule has 0 saturated carbocycles. The summed E-state index contributed by atoms with van der Waals surface area (Å²) in [5, 5.41) is 0. The van der Waals surface area contributed by atoms with Crippen molar-refractivity contribution < 1.29 is 9.47 Å². The first-order valence-corrected chi connectivity index (χ1v) is 5.71. The van der Waals surface area contributed by atoms with E-state index in [1.54, 1.807) is 0 Å². The summed E-state index contributed by atoms with van der Waals surface area (Å²) in [4.78, 5) is 4.40. The van der Waals surface area contributed by atoms with Crippen molar-refractivity contribution in [1.29, 1.82) is 0 Å². The molecule has 1 aliphatic heterocycles. The van der Waals surface area contributed by atoms with Crippen molar-refractivity contribution in [3.63, 3.8) is 0 Å². The monoisotopic (exact) mass is 234 g/mol. The maximum absolute atomic E-state index is 5.94. The molecule has 0 saturated heterocycles. The van der Waals surface area contributed by atoms with Gasteiger partial charge in [0.05, 0.1) is 5.69 Å². The molecule has 0 atom stereocenters. The Morgan fingerprint density at radius 1 is 1.18 bits per heavy atom. The van der Waals surface area contributed by atoms with E-state index in [1.165, 1.54) is 0 Å². The molecule has 1 aromatic carbocycles. The van der Waals surface area contributed by atoms with Crippen LogP contribution in [0.25, 0.3) is 0 Å². The highest BCUT2D eigenvalue weighted by Gasteiger charge is 2.16. The summed E-state index contributed by atoms with van der Waals surface area (Å²) in [6, 6.07) is 5.60. The van der Waals surface area contributed by atoms with E-state index >= 15 is 0 Å². The van der Waals surface area contributed by atoms with E-state index in [-0.39, 0.29) is 5.41 Å². The number of amidine groups is 1. The zero-order valence-electron chi connectivity index (χ0n) is 10.5. The Kier molecular flexibility index (Phi) is 2.96. The molecule has 1 aliphatic rings. The predicted octanol–water partition coefficient (Wildman–Crippen LogP) is 2.49. The van der Waals surface area contributed by atoms with Crippen molar-refractivity contribution in [2.45, 2.75) is 20.8 Å². The molecule has 92 valence electrons. The number of nitrogens with zero attached hydrogens (tertiary/aromatic N) is 1. The minimum absolute atomic E-state index is 0.132. The van der Waals surface area contributed by atoms with E-state index in [4.69, 9.17) is 15.2 Å². The van der Waals surface area contributed by atoms with Crippen LogP contribution in [0.2, 0.25) is 0 Å². The third-order valence-electron chi connectivity index (χ3n) is 2.54. The first-order valence-electron chi connectivity index (χ1n) is 5.71. The Bertz CT molecular complexity index is 447. The van der Waals surface area contributed by atoms with Crippen LogP contribution < -0.4 is 15.2 Å². The molecule has 0 bridgehead atoms. The lowest BCUT2D eigenvalue weighted by atomic mass is 9.95. The standard InChI is InChI=1S/C13H18N2O2/c1-13(2,3)12(14)15-9-4-5-10-11(8-9)17-7-6-16-10/h4-5,8H,6-7H2,1-3H3,(H2,14,15). The van der Waals surface area contributed by atoms with Crippen LogP contribution in [0.15, 0.2) is 23.2 Å². The fourth-order valence-electron chi connectivity index (χ4n) is 1.41. The molecule has 1 aromatic rings. The third kappa shape index (κ3) is 2.70. The number of benzene rings is 1. The van der Waals surface area contributed by atoms with Crippen molar-refractivity contribution in [2.24, 2.45) is 16.1 Å². The van der Waals surface area contributed by atoms with Crippen molar-refractivity contribution in [1.82, 2.24) is 0 Å². The summed E-state index contributed by atoms with van der Waals surface area (Å²) in [5.41, 5.74) is 6.60. The first-order chi connectivity index (χ1) is 7.97. The fourth-order valence-corrected chi connectivity index (χ4v) is 1.41. The van der Waals surface area contributed by atoms with Crippen molar-refractivity contribution >= 4 is 11.5 Å². The summed E-state index contributed by atoms with van der Waals surface area (Å²) < 4.78 is 10.9. The lowest BCUT2D eigenvalue weighted by Crippen LogP contribution is -2.28. The summed E-state index contributed by atoms with van der Waals surface area (Å²) in [6.45, 7) is 7.27. The number of ether oxygens (including phenoxy) is 2. The van der Waals surface area contributed by atoms with Gasteiger partial charge in [-0.25, -0.2) is 4.99 Å². The quantitative estimate of drug-likeness (QED) is 0.600. The van der Waals surface area contributed by atoms with Gasteiger partial charge in [-0.3, -0.25) is 0 Å². The minimum atomic E-state index is -0.132. The van der Waals surface area contributed by atoms with Crippen LogP contribution in [0.1, 0.15) is 20.8 Å². The maximum Gasteiger partial charge on any atom is 0.163 e. The molecule has 0 spiro atoms. The van der Waals surface area contributed by atoms with Gasteiger partial charge in [-0.2, -0.15) is 0 Å². The number of hydrogen-bond acceptors (Lipinski definition) is 3. The minimum Gasteiger partial charge on any atom is -0.486 e. The number of aliphatic imine (C=N–C) groups is 1. The second-order valence-electron chi connectivity index (χ2n) is 5.08. The molecule has 0 aromatic heterocycles. The van der Waals surface area contributed by atoms with Gasteiger partial charge >= 0.3 is 0 Å². The van der Waals surface area contributed by atoms with E-state index in [0.717, 1.165) is 17.2 Å². The van der Waals surface area contributed by atoms with Crippen LogP contribution in [0.3, 0.4) is 0 Å². The second kappa shape index (κ2) is 4.28. The smallest absolute Gasteiger partial charge is 0.163 e. The van der Waals surface area contributed by atoms with Gasteiger partial charge in [0, 0.05) is 11.5 Å². The lowest BCUT2D eigenvalue weighted by Gasteiger charge is -2.19. The summed E-state index contributed by atoms with van der Waals surface area (Å²) in [7, 11) is 0. The third-order valence-corrected chi connectivity index (χ3v) is 2.54. The lowest BCUT2D eigenvalue weighted by molar-refractivity contribution is 0.171. The second-order valence-corrected chi connectivity index (χ2v) is 5.08. The maximum atomic E-state index is 5.94. The van der Waals surface area contributed by atoms with E-state index in [9.17, 15) is 0 Å². The predicted molar refractivity (Wildman–Crippen MR) is 68.2 cm³/mol. The van der Waals surface area contributed by atoms with E-state index in [1.807, 2.05) is 39.0 Å². The normalized spacial score (nSPS) is 15.8. The number of nitrogens with two attached hydrogens (primary N) is 1. The van der Waals surface area contributed by atoms with E-state index in [0.29, 0.717) is 19.0 Å². The average Bonchev–Trinajstić information content (AvgIpc) is 2.27. The van der Waals surface area contributed by atoms with Crippen LogP contribution in [0, 0.1) is 5.41 Å². The number of fused-ring (bicyclic) bond motifs is 1. The van der Waals surface area contributed by atoms with Gasteiger partial charge < -0.3 is 15.2 Å². The Balaban J connectivity index is 2.29. The Labute approximate surface area is 101 Å². The average molecular weight is 234 g/mol. The van der Waals surface area contributed by atoms with Crippen LogP contribution in [0.4, 0.5) is 5.69 Å². The molecule has 17 heavy (non-hydrogen) atoms. The Morgan fingerprint density at radius 2 is 1.82 bits per heavy atom. The Hall–Kier alpha value is -1.71. The van der Waals surface area contributed by atoms with Gasteiger partial charge in [-0.15, -0.1) is 0 Å². The van der Waals surface area contributed by atoms with Gasteiger partial charge in [0.2, 0.25) is 0 Å². The number of hydrogen-bond donors (Lipinski definition) is 1. The Morgan fingerprint density at radius 3 is 2.47 bits per heavy atom. The van der Waals surface area contributed by atoms with Crippen LogP contribution in [0.5, 0.6) is 11.5 Å². The number of rotatable bonds is 1. The van der Waals surface area contributed by atoms with E-state index < -0.39 is 0 Å². The highest BCUT2D eigenvalue weighted by atomic mass is 16.6. The molecule has 0 fully saturated rings. The fraction of sp³-hybridized carbons (Fsp3) is 0.462. The summed E-state index contributed by atoms with van der Waals surface area (Å²) in [5.74, 6) is 2.11. The topological polar surface area (TPSA) is 56.8 Å². The molecule has 2 rings (SSSR count). The molecular weight excluding hydrogens is 216 g/mol. The van der Waals surface area contributed by atoms with E-state index in [2.05, 4.69) is 4.99 Å². The van der Waals surface area contributed by atoms with Crippen molar-refractivity contribution in [3.8, 4) is 11.5 Å². The molecule has 0 amide bonds. The molecule has 1 heterocycles. The molecule has 0 aliphatic carbocycles. The van der Waals surface area contributed by atoms with Gasteiger partial charge in [0.25, 0.3) is 0 Å². The van der Waals surface area contributed by atoms with Gasteiger partial charge in [0.15, 0.2) is 11.5 Å². The van der Waals surface area contributed by atoms with Crippen molar-refractivity contribution in [3.05, 3.63) is 18.2 Å². The first kappa shape index (κ1) is 11.8. The molecular formula is C13H18N2O2. The largest absolute Gasteiger partial charge is 0.486 e. The zero-order valence-corrected chi connectivity index (χ0v) is 10.5. The molecule has 0 radical (unpaired) electrons. The summed E-state index contributed by atoms with van der Waals surface area (Å²) in [6.07, 6.45) is 0. The van der Waals surface area contributed by atoms with Crippen LogP contribution >= 0.6 is 0 Å². The zero-order chi connectivity index (χ0) is 12.5. The molecule has 0 unspecified atom stereocenters. The molecule has 2 N–H and O–H groups in total. The molecule has 4 heteroatoms. The van der Waals surface area contributed by atoms with Crippen LogP contribution in [-0.2, 0) is 0 Å². The highest BCUT2D eigenvalue weighted by Crippen LogP contribution is 2.34. The van der Waals surface area contributed by atoms with Gasteiger partial charge in [-0.05, 0) is 12.1 Å². The van der Waals surface area contributed by atoms with Gasteiger partial charge in [-0.1, -0.05) is 20.8 Å². The van der Waals surface area contributed by atoms with Gasteiger partial charge in [0.1, 0.15) is 19.0 Å². The molecule has 4 nitrogen and oxygen atoms in total.